The third-order valence-corrected chi connectivity index (χ3v) is 3.85. The monoisotopic (exact) mass is 227 g/mol. The van der Waals surface area contributed by atoms with Crippen LogP contribution in [0.3, 0.4) is 0 Å². The largest absolute Gasteiger partial charge is 0.416 e. The minimum Gasteiger partial charge on any atom is -0.316 e. The summed E-state index contributed by atoms with van der Waals surface area (Å²) in [5, 5.41) is 3.28. The van der Waals surface area contributed by atoms with Crippen molar-refractivity contribution in [2.45, 2.75) is 18.0 Å². The second-order valence-electron chi connectivity index (χ2n) is 4.76. The molecule has 1 nitrogen and oxygen atoms in total. The van der Waals surface area contributed by atoms with E-state index in [4.69, 9.17) is 0 Å². The smallest absolute Gasteiger partial charge is 0.316 e. The van der Waals surface area contributed by atoms with E-state index in [0.717, 1.165) is 25.1 Å². The molecule has 2 aliphatic rings. The summed E-state index contributed by atoms with van der Waals surface area (Å²) in [5.74, 6) is 0.629. The Morgan fingerprint density at radius 2 is 1.88 bits per heavy atom. The molecule has 0 spiro atoms. The van der Waals surface area contributed by atoms with Gasteiger partial charge in [-0.3, -0.25) is 0 Å². The Balaban J connectivity index is 1.89. The number of alkyl halides is 3. The molecular weight excluding hydrogens is 215 g/mol. The standard InChI is InChI=1S/C12H12F3N/c13-12(14,15)9-3-1-8(2-4-9)11-5-10(11)6-16-7-11/h1-4,10,16H,5-7H2/t10?,11-/m0/s1. The highest BCUT2D eigenvalue weighted by molar-refractivity contribution is 5.38. The SMILES string of the molecule is FC(F)(F)c1ccc([C@]23CNCC2C3)cc1. The molecule has 2 fully saturated rings. The average molecular weight is 227 g/mol. The maximum absolute atomic E-state index is 12.4. The van der Waals surface area contributed by atoms with E-state index in [-0.39, 0.29) is 5.41 Å². The zero-order chi connectivity index (χ0) is 11.4. The van der Waals surface area contributed by atoms with Crippen molar-refractivity contribution in [3.8, 4) is 0 Å². The fourth-order valence-corrected chi connectivity index (χ4v) is 2.78. The second kappa shape index (κ2) is 3.00. The molecule has 4 heteroatoms. The fourth-order valence-electron chi connectivity index (χ4n) is 2.78. The van der Waals surface area contributed by atoms with Crippen LogP contribution in [0.4, 0.5) is 13.2 Å². The van der Waals surface area contributed by atoms with Crippen molar-refractivity contribution in [2.75, 3.05) is 13.1 Å². The lowest BCUT2D eigenvalue weighted by Crippen LogP contribution is -2.19. The number of hydrogen-bond acceptors (Lipinski definition) is 1. The molecule has 0 aromatic heterocycles. The number of benzene rings is 1. The van der Waals surface area contributed by atoms with Gasteiger partial charge in [-0.05, 0) is 36.6 Å². The Morgan fingerprint density at radius 1 is 1.19 bits per heavy atom. The Morgan fingerprint density at radius 3 is 2.31 bits per heavy atom. The Hall–Kier alpha value is -1.03. The number of piperidine rings is 1. The van der Waals surface area contributed by atoms with Crippen molar-refractivity contribution in [1.29, 1.82) is 0 Å². The van der Waals surface area contributed by atoms with Crippen molar-refractivity contribution in [3.63, 3.8) is 0 Å². The lowest BCUT2D eigenvalue weighted by Gasteiger charge is -2.13. The first kappa shape index (κ1) is 10.1. The van der Waals surface area contributed by atoms with Gasteiger partial charge in [0, 0.05) is 12.0 Å². The van der Waals surface area contributed by atoms with Crippen LogP contribution in [-0.4, -0.2) is 13.1 Å². The van der Waals surface area contributed by atoms with Crippen LogP contribution in [-0.2, 0) is 11.6 Å². The summed E-state index contributed by atoms with van der Waals surface area (Å²) < 4.78 is 37.2. The van der Waals surface area contributed by atoms with Gasteiger partial charge >= 0.3 is 6.18 Å². The van der Waals surface area contributed by atoms with Crippen molar-refractivity contribution < 1.29 is 13.2 Å². The molecule has 1 aliphatic heterocycles. The van der Waals surface area contributed by atoms with E-state index >= 15 is 0 Å². The van der Waals surface area contributed by atoms with E-state index in [2.05, 4.69) is 5.32 Å². The Bertz CT molecular complexity index is 409. The van der Waals surface area contributed by atoms with Crippen LogP contribution in [0.2, 0.25) is 0 Å². The molecular formula is C12H12F3N. The number of nitrogens with one attached hydrogen (secondary N) is 1. The van der Waals surface area contributed by atoms with Crippen LogP contribution in [0.15, 0.2) is 24.3 Å². The van der Waals surface area contributed by atoms with Gasteiger partial charge in [-0.25, -0.2) is 0 Å². The van der Waals surface area contributed by atoms with Crippen LogP contribution in [0.1, 0.15) is 17.5 Å². The zero-order valence-electron chi connectivity index (χ0n) is 8.64. The van der Waals surface area contributed by atoms with Gasteiger partial charge in [-0.2, -0.15) is 13.2 Å². The van der Waals surface area contributed by atoms with E-state index in [1.54, 1.807) is 12.1 Å². The van der Waals surface area contributed by atoms with Crippen molar-refractivity contribution in [3.05, 3.63) is 35.4 Å². The molecule has 1 unspecified atom stereocenters. The molecule has 1 aromatic carbocycles. The van der Waals surface area contributed by atoms with E-state index in [0.29, 0.717) is 5.92 Å². The molecule has 86 valence electrons. The quantitative estimate of drug-likeness (QED) is 0.777. The molecule has 2 atom stereocenters. The first-order valence-corrected chi connectivity index (χ1v) is 5.41. The summed E-state index contributed by atoms with van der Waals surface area (Å²) in [6.07, 6.45) is -3.11. The van der Waals surface area contributed by atoms with Gasteiger partial charge in [-0.15, -0.1) is 0 Å². The minimum atomic E-state index is -4.23. The van der Waals surface area contributed by atoms with Crippen molar-refractivity contribution in [1.82, 2.24) is 5.32 Å². The fraction of sp³-hybridized carbons (Fsp3) is 0.500. The Labute approximate surface area is 91.7 Å². The molecule has 0 radical (unpaired) electrons. The van der Waals surface area contributed by atoms with Gasteiger partial charge in [-0.1, -0.05) is 12.1 Å². The highest BCUT2D eigenvalue weighted by Gasteiger charge is 2.57. The van der Waals surface area contributed by atoms with Crippen molar-refractivity contribution in [2.24, 2.45) is 5.92 Å². The normalized spacial score (nSPS) is 32.6. The van der Waals surface area contributed by atoms with Gasteiger partial charge < -0.3 is 5.32 Å². The number of hydrogen-bond donors (Lipinski definition) is 1. The van der Waals surface area contributed by atoms with Crippen LogP contribution in [0.25, 0.3) is 0 Å². The van der Waals surface area contributed by atoms with Crippen molar-refractivity contribution >= 4 is 0 Å². The van der Waals surface area contributed by atoms with E-state index in [1.165, 1.54) is 12.1 Å². The minimum absolute atomic E-state index is 0.143. The summed E-state index contributed by atoms with van der Waals surface area (Å²) in [7, 11) is 0. The van der Waals surface area contributed by atoms with E-state index in [9.17, 15) is 13.2 Å². The van der Waals surface area contributed by atoms with Gasteiger partial charge in [0.25, 0.3) is 0 Å². The molecule has 3 rings (SSSR count). The van der Waals surface area contributed by atoms with Crippen LogP contribution in [0.5, 0.6) is 0 Å². The molecule has 0 amide bonds. The number of halogens is 3. The van der Waals surface area contributed by atoms with Gasteiger partial charge in [0.1, 0.15) is 0 Å². The highest BCUT2D eigenvalue weighted by Crippen LogP contribution is 2.56. The summed E-state index contributed by atoms with van der Waals surface area (Å²) in [4.78, 5) is 0. The Kier molecular flexibility index (Phi) is 1.90. The molecule has 1 aromatic rings. The van der Waals surface area contributed by atoms with Gasteiger partial charge in [0.15, 0.2) is 0 Å². The maximum atomic E-state index is 12.4. The summed E-state index contributed by atoms with van der Waals surface area (Å²) in [6, 6.07) is 5.65. The highest BCUT2D eigenvalue weighted by atomic mass is 19.4. The van der Waals surface area contributed by atoms with Gasteiger partial charge in [0.05, 0.1) is 5.56 Å². The third kappa shape index (κ3) is 1.36. The van der Waals surface area contributed by atoms with Gasteiger partial charge in [0.2, 0.25) is 0 Å². The lowest BCUT2D eigenvalue weighted by atomic mass is 9.94. The van der Waals surface area contributed by atoms with E-state index in [1.807, 2.05) is 0 Å². The molecule has 1 saturated carbocycles. The number of rotatable bonds is 1. The third-order valence-electron chi connectivity index (χ3n) is 3.85. The maximum Gasteiger partial charge on any atom is 0.416 e. The summed E-state index contributed by atoms with van der Waals surface area (Å²) in [6.45, 7) is 1.91. The van der Waals surface area contributed by atoms with Crippen LogP contribution in [0, 0.1) is 5.92 Å². The first-order chi connectivity index (χ1) is 7.52. The topological polar surface area (TPSA) is 12.0 Å². The van der Waals surface area contributed by atoms with Crippen LogP contribution < -0.4 is 5.32 Å². The average Bonchev–Trinajstić information content (AvgIpc) is 2.81. The van der Waals surface area contributed by atoms with E-state index < -0.39 is 11.7 Å². The molecule has 1 saturated heterocycles. The predicted octanol–water partition coefficient (Wildman–Crippen LogP) is 2.57. The molecule has 1 N–H and O–H groups in total. The number of fused-ring (bicyclic) bond motifs is 1. The molecule has 16 heavy (non-hydrogen) atoms. The summed E-state index contributed by atoms with van der Waals surface area (Å²) >= 11 is 0. The molecule has 0 bridgehead atoms. The molecule has 1 heterocycles. The van der Waals surface area contributed by atoms with Crippen LogP contribution >= 0.6 is 0 Å². The zero-order valence-corrected chi connectivity index (χ0v) is 8.64. The second-order valence-corrected chi connectivity index (χ2v) is 4.76. The molecule has 1 aliphatic carbocycles. The lowest BCUT2D eigenvalue weighted by molar-refractivity contribution is -0.137. The first-order valence-electron chi connectivity index (χ1n) is 5.41. The predicted molar refractivity (Wildman–Crippen MR) is 54.1 cm³/mol. The summed E-state index contributed by atoms with van der Waals surface area (Å²) in [5.41, 5.74) is 0.635.